The van der Waals surface area contributed by atoms with Gasteiger partial charge in [0, 0.05) is 24.4 Å². The minimum absolute atomic E-state index is 0. The van der Waals surface area contributed by atoms with Gasteiger partial charge in [0.25, 0.3) is 0 Å². The number of carbonyl (C=O) groups is 2. The zero-order valence-electron chi connectivity index (χ0n) is 13.0. The van der Waals surface area contributed by atoms with Gasteiger partial charge in [-0.15, -0.1) is 23.7 Å². The molecule has 2 heterocycles. The second-order valence-corrected chi connectivity index (χ2v) is 6.68. The Morgan fingerprint density at radius 2 is 2.27 bits per heavy atom. The number of likely N-dealkylation sites (tertiary alicyclic amines) is 1. The third-order valence-electron chi connectivity index (χ3n) is 3.96. The maximum Gasteiger partial charge on any atom is 0.225 e. The van der Waals surface area contributed by atoms with Crippen molar-refractivity contribution in [3.05, 3.63) is 22.4 Å². The molecule has 2 amide bonds. The van der Waals surface area contributed by atoms with Crippen LogP contribution in [0.25, 0.3) is 0 Å². The van der Waals surface area contributed by atoms with Crippen LogP contribution in [0.2, 0.25) is 0 Å². The Morgan fingerprint density at radius 1 is 1.55 bits per heavy atom. The predicted molar refractivity (Wildman–Crippen MR) is 91.1 cm³/mol. The first-order chi connectivity index (χ1) is 10.0. The minimum Gasteiger partial charge on any atom is -0.348 e. The molecule has 0 aliphatic carbocycles. The van der Waals surface area contributed by atoms with E-state index in [-0.39, 0.29) is 36.3 Å². The number of halogens is 1. The molecule has 1 aromatic rings. The lowest BCUT2D eigenvalue weighted by atomic mass is 10.1. The van der Waals surface area contributed by atoms with Gasteiger partial charge in [-0.25, -0.2) is 0 Å². The Bertz CT molecular complexity index is 495. The Morgan fingerprint density at radius 3 is 2.77 bits per heavy atom. The van der Waals surface area contributed by atoms with E-state index in [1.165, 1.54) is 6.92 Å². The molecule has 0 aromatic carbocycles. The summed E-state index contributed by atoms with van der Waals surface area (Å²) in [4.78, 5) is 26.8. The van der Waals surface area contributed by atoms with E-state index in [2.05, 4.69) is 12.2 Å². The largest absolute Gasteiger partial charge is 0.348 e. The first-order valence-corrected chi connectivity index (χ1v) is 8.19. The van der Waals surface area contributed by atoms with Crippen LogP contribution in [0.15, 0.2) is 17.5 Å². The van der Waals surface area contributed by atoms with Crippen LogP contribution in [0.4, 0.5) is 0 Å². The van der Waals surface area contributed by atoms with E-state index in [1.807, 2.05) is 22.4 Å². The van der Waals surface area contributed by atoms with Gasteiger partial charge in [-0.1, -0.05) is 6.07 Å². The molecule has 1 aliphatic heterocycles. The molecule has 3 N–H and O–H groups in total. The molecule has 22 heavy (non-hydrogen) atoms. The van der Waals surface area contributed by atoms with E-state index in [9.17, 15) is 9.59 Å². The molecule has 3 atom stereocenters. The number of hydrogen-bond donors (Lipinski definition) is 2. The zero-order valence-corrected chi connectivity index (χ0v) is 14.6. The number of nitrogens with zero attached hydrogens (tertiary/aromatic N) is 1. The van der Waals surface area contributed by atoms with Crippen molar-refractivity contribution in [3.63, 3.8) is 0 Å². The maximum absolute atomic E-state index is 12.5. The van der Waals surface area contributed by atoms with Gasteiger partial charge >= 0.3 is 0 Å². The van der Waals surface area contributed by atoms with E-state index in [0.717, 1.165) is 17.8 Å². The minimum atomic E-state index is -0.237. The summed E-state index contributed by atoms with van der Waals surface area (Å²) < 4.78 is 0. The summed E-state index contributed by atoms with van der Waals surface area (Å²) in [5.41, 5.74) is 5.71. The number of nitrogens with one attached hydrogen (secondary N) is 1. The summed E-state index contributed by atoms with van der Waals surface area (Å²) in [5, 5.41) is 4.83. The van der Waals surface area contributed by atoms with E-state index in [1.54, 1.807) is 11.3 Å². The molecule has 0 bridgehead atoms. The van der Waals surface area contributed by atoms with Gasteiger partial charge in [0.1, 0.15) is 0 Å². The maximum atomic E-state index is 12.5. The third-order valence-corrected chi connectivity index (χ3v) is 4.94. The highest BCUT2D eigenvalue weighted by atomic mass is 35.5. The summed E-state index contributed by atoms with van der Waals surface area (Å²) in [6.45, 7) is 4.89. The molecule has 5 nitrogen and oxygen atoms in total. The molecule has 0 radical (unpaired) electrons. The fraction of sp³-hybridized carbons (Fsp3) is 0.600. The Balaban J connectivity index is 0.00000242. The average Bonchev–Trinajstić information content (AvgIpc) is 3.06. The van der Waals surface area contributed by atoms with Gasteiger partial charge in [-0.05, 0) is 37.3 Å². The van der Waals surface area contributed by atoms with Gasteiger partial charge in [-0.3, -0.25) is 9.59 Å². The Labute approximate surface area is 141 Å². The summed E-state index contributed by atoms with van der Waals surface area (Å²) in [7, 11) is 0. The number of thiophene rings is 1. The van der Waals surface area contributed by atoms with Crippen LogP contribution in [-0.4, -0.2) is 35.8 Å². The molecule has 1 fully saturated rings. The molecule has 1 saturated heterocycles. The van der Waals surface area contributed by atoms with Crippen molar-refractivity contribution in [3.8, 4) is 0 Å². The lowest BCUT2D eigenvalue weighted by Gasteiger charge is -2.24. The van der Waals surface area contributed by atoms with Crippen molar-refractivity contribution in [2.75, 3.05) is 13.1 Å². The number of hydrogen-bond acceptors (Lipinski definition) is 4. The Kier molecular flexibility index (Phi) is 7.32. The smallest absolute Gasteiger partial charge is 0.225 e. The SMILES string of the molecule is CC(=O)NC(CC(=O)N1CC(CN)CC1C)c1cccs1.Cl. The number of rotatable bonds is 5. The molecule has 1 aromatic heterocycles. The molecular weight excluding hydrogens is 322 g/mol. The number of amides is 2. The molecule has 1 aliphatic rings. The van der Waals surface area contributed by atoms with Crippen LogP contribution in [0, 0.1) is 5.92 Å². The normalized spacial score (nSPS) is 22.0. The third kappa shape index (κ3) is 4.69. The van der Waals surface area contributed by atoms with Crippen LogP contribution in [0.3, 0.4) is 0 Å². The monoisotopic (exact) mass is 345 g/mol. The molecule has 7 heteroatoms. The molecule has 3 unspecified atom stereocenters. The van der Waals surface area contributed by atoms with E-state index >= 15 is 0 Å². The first-order valence-electron chi connectivity index (χ1n) is 7.31. The lowest BCUT2D eigenvalue weighted by molar-refractivity contribution is -0.132. The van der Waals surface area contributed by atoms with Gasteiger partial charge in [0.2, 0.25) is 11.8 Å². The molecule has 0 saturated carbocycles. The Hall–Kier alpha value is -1.11. The van der Waals surface area contributed by atoms with Crippen molar-refractivity contribution in [2.45, 2.75) is 38.8 Å². The van der Waals surface area contributed by atoms with Crippen LogP contribution in [-0.2, 0) is 9.59 Å². The fourth-order valence-corrected chi connectivity index (χ4v) is 3.69. The van der Waals surface area contributed by atoms with Gasteiger partial charge in [0.05, 0.1) is 12.5 Å². The number of nitrogens with two attached hydrogens (primary N) is 1. The highest BCUT2D eigenvalue weighted by molar-refractivity contribution is 7.10. The fourth-order valence-electron chi connectivity index (χ4n) is 2.91. The lowest BCUT2D eigenvalue weighted by Crippen LogP contribution is -2.37. The molecule has 2 rings (SSSR count). The highest BCUT2D eigenvalue weighted by Gasteiger charge is 2.32. The van der Waals surface area contributed by atoms with Crippen molar-refractivity contribution in [2.24, 2.45) is 11.7 Å². The summed E-state index contributed by atoms with van der Waals surface area (Å²) in [6, 6.07) is 3.88. The highest BCUT2D eigenvalue weighted by Crippen LogP contribution is 2.27. The average molecular weight is 346 g/mol. The number of carbonyl (C=O) groups excluding carboxylic acids is 2. The van der Waals surface area contributed by atoms with E-state index in [4.69, 9.17) is 5.73 Å². The van der Waals surface area contributed by atoms with Crippen molar-refractivity contribution in [1.29, 1.82) is 0 Å². The first kappa shape index (κ1) is 18.9. The summed E-state index contributed by atoms with van der Waals surface area (Å²) in [5.74, 6) is 0.367. The van der Waals surface area contributed by atoms with Crippen molar-refractivity contribution >= 4 is 35.6 Å². The molecule has 0 spiro atoms. The molecule has 124 valence electrons. The zero-order chi connectivity index (χ0) is 15.4. The van der Waals surface area contributed by atoms with Crippen LogP contribution in [0.5, 0.6) is 0 Å². The van der Waals surface area contributed by atoms with Crippen LogP contribution >= 0.6 is 23.7 Å². The van der Waals surface area contributed by atoms with E-state index < -0.39 is 0 Å². The van der Waals surface area contributed by atoms with Gasteiger partial charge in [-0.2, -0.15) is 0 Å². The van der Waals surface area contributed by atoms with Gasteiger partial charge in [0.15, 0.2) is 0 Å². The second kappa shape index (κ2) is 8.50. The standard InChI is InChI=1S/C15H23N3O2S.ClH/c1-10-6-12(8-16)9-18(10)15(20)7-13(17-11(2)19)14-4-3-5-21-14;/h3-5,10,12-13H,6-9,16H2,1-2H3,(H,17,19);1H. The topological polar surface area (TPSA) is 75.4 Å². The summed E-state index contributed by atoms with van der Waals surface area (Å²) in [6.07, 6.45) is 1.27. The van der Waals surface area contributed by atoms with Crippen molar-refractivity contribution in [1.82, 2.24) is 10.2 Å². The van der Waals surface area contributed by atoms with Crippen LogP contribution < -0.4 is 11.1 Å². The van der Waals surface area contributed by atoms with Crippen LogP contribution in [0.1, 0.15) is 37.6 Å². The molecular formula is C15H24ClN3O2S. The second-order valence-electron chi connectivity index (χ2n) is 5.71. The quantitative estimate of drug-likeness (QED) is 0.856. The van der Waals surface area contributed by atoms with Crippen molar-refractivity contribution < 1.29 is 9.59 Å². The van der Waals surface area contributed by atoms with E-state index in [0.29, 0.717) is 18.9 Å². The predicted octanol–water partition coefficient (Wildman–Crippen LogP) is 1.93. The van der Waals surface area contributed by atoms with Gasteiger partial charge < -0.3 is 16.0 Å². The summed E-state index contributed by atoms with van der Waals surface area (Å²) >= 11 is 1.56.